The number of rotatable bonds is 8. The van der Waals surface area contributed by atoms with E-state index in [1.807, 2.05) is 18.2 Å². The van der Waals surface area contributed by atoms with Crippen LogP contribution in [-0.4, -0.2) is 42.7 Å². The van der Waals surface area contributed by atoms with Crippen molar-refractivity contribution in [2.24, 2.45) is 5.73 Å². The predicted molar refractivity (Wildman–Crippen MR) is 103 cm³/mol. The van der Waals surface area contributed by atoms with Crippen LogP contribution in [0.25, 0.3) is 5.57 Å². The second-order valence-electron chi connectivity index (χ2n) is 5.38. The van der Waals surface area contributed by atoms with Crippen molar-refractivity contribution >= 4 is 5.57 Å². The highest BCUT2D eigenvalue weighted by molar-refractivity contribution is 5.86. The molecule has 7 heteroatoms. The van der Waals surface area contributed by atoms with Crippen molar-refractivity contribution in [2.75, 3.05) is 42.7 Å². The lowest BCUT2D eigenvalue weighted by Gasteiger charge is -2.19. The smallest absolute Gasteiger partial charge is 0.203 e. The minimum absolute atomic E-state index is 0.476. The molecule has 2 rings (SSSR count). The molecule has 0 fully saturated rings. The second-order valence-corrected chi connectivity index (χ2v) is 5.38. The van der Waals surface area contributed by atoms with Crippen LogP contribution < -0.4 is 34.2 Å². The molecule has 2 aromatic rings. The first kappa shape index (κ1) is 20.1. The molecule has 0 aromatic heterocycles. The molecule has 2 aromatic carbocycles. The van der Waals surface area contributed by atoms with Gasteiger partial charge in [0.05, 0.1) is 42.7 Å². The van der Waals surface area contributed by atoms with Gasteiger partial charge in [0.1, 0.15) is 0 Å². The zero-order valence-corrected chi connectivity index (χ0v) is 16.4. The summed E-state index contributed by atoms with van der Waals surface area (Å²) in [6.07, 6.45) is 1.49. The standard InChI is InChI=1S/C20H25NO6/c1-22-15-8-7-13(18(25-4)20(15)27-6)14(11-21)12-9-16(23-2)19(26-5)17(10-12)24-3/h7-11H,21H2,1-6H3. The third kappa shape index (κ3) is 3.67. The Bertz CT molecular complexity index is 806. The van der Waals surface area contributed by atoms with Gasteiger partial charge in [-0.3, -0.25) is 0 Å². The molecule has 0 saturated heterocycles. The average molecular weight is 375 g/mol. The fourth-order valence-electron chi connectivity index (χ4n) is 2.89. The van der Waals surface area contributed by atoms with E-state index < -0.39 is 0 Å². The van der Waals surface area contributed by atoms with Crippen molar-refractivity contribution in [1.29, 1.82) is 0 Å². The zero-order valence-electron chi connectivity index (χ0n) is 16.4. The SMILES string of the molecule is COc1cc(C(=CN)c2ccc(OC)c(OC)c2OC)cc(OC)c1OC. The molecule has 7 nitrogen and oxygen atoms in total. The first-order chi connectivity index (χ1) is 13.1. The lowest BCUT2D eigenvalue weighted by atomic mass is 9.96. The number of hydrogen-bond acceptors (Lipinski definition) is 7. The summed E-state index contributed by atoms with van der Waals surface area (Å²) >= 11 is 0. The van der Waals surface area contributed by atoms with E-state index >= 15 is 0 Å². The van der Waals surface area contributed by atoms with E-state index in [1.54, 1.807) is 48.7 Å². The van der Waals surface area contributed by atoms with E-state index in [4.69, 9.17) is 34.2 Å². The van der Waals surface area contributed by atoms with E-state index in [-0.39, 0.29) is 0 Å². The highest BCUT2D eigenvalue weighted by Crippen LogP contribution is 2.46. The largest absolute Gasteiger partial charge is 0.493 e. The van der Waals surface area contributed by atoms with Crippen LogP contribution in [0.5, 0.6) is 34.5 Å². The molecule has 0 unspecified atom stereocenters. The van der Waals surface area contributed by atoms with Gasteiger partial charge in [-0.1, -0.05) is 0 Å². The number of nitrogens with two attached hydrogens (primary N) is 1. The van der Waals surface area contributed by atoms with E-state index in [1.165, 1.54) is 6.20 Å². The summed E-state index contributed by atoms with van der Waals surface area (Å²) in [4.78, 5) is 0. The highest BCUT2D eigenvalue weighted by atomic mass is 16.5. The Hall–Kier alpha value is -3.22. The molecule has 146 valence electrons. The first-order valence-electron chi connectivity index (χ1n) is 8.11. The number of hydrogen-bond donors (Lipinski definition) is 1. The first-order valence-corrected chi connectivity index (χ1v) is 8.11. The number of ether oxygens (including phenoxy) is 6. The quantitative estimate of drug-likeness (QED) is 0.759. The van der Waals surface area contributed by atoms with Gasteiger partial charge in [-0.05, 0) is 29.8 Å². The van der Waals surface area contributed by atoms with Crippen molar-refractivity contribution in [1.82, 2.24) is 0 Å². The van der Waals surface area contributed by atoms with Gasteiger partial charge in [0, 0.05) is 17.3 Å². The molecule has 2 N–H and O–H groups in total. The number of benzene rings is 2. The summed E-state index contributed by atoms with van der Waals surface area (Å²) < 4.78 is 32.7. The Balaban J connectivity index is 2.72. The molecule has 0 atom stereocenters. The van der Waals surface area contributed by atoms with Crippen LogP contribution in [0.2, 0.25) is 0 Å². The van der Waals surface area contributed by atoms with E-state index in [9.17, 15) is 0 Å². The fourth-order valence-corrected chi connectivity index (χ4v) is 2.89. The van der Waals surface area contributed by atoms with Crippen molar-refractivity contribution in [2.45, 2.75) is 0 Å². The molecular formula is C20H25NO6. The van der Waals surface area contributed by atoms with E-state index in [2.05, 4.69) is 0 Å². The Morgan fingerprint density at radius 2 is 1.19 bits per heavy atom. The van der Waals surface area contributed by atoms with Gasteiger partial charge in [-0.25, -0.2) is 0 Å². The molecule has 0 radical (unpaired) electrons. The van der Waals surface area contributed by atoms with Gasteiger partial charge in [0.2, 0.25) is 11.5 Å². The molecule has 0 saturated carbocycles. The van der Waals surface area contributed by atoms with Gasteiger partial charge < -0.3 is 34.2 Å². The Morgan fingerprint density at radius 1 is 0.667 bits per heavy atom. The van der Waals surface area contributed by atoms with E-state index in [0.717, 1.165) is 11.1 Å². The maximum atomic E-state index is 5.97. The van der Waals surface area contributed by atoms with Crippen LogP contribution in [0, 0.1) is 0 Å². The van der Waals surface area contributed by atoms with E-state index in [0.29, 0.717) is 40.1 Å². The third-order valence-corrected chi connectivity index (χ3v) is 4.14. The van der Waals surface area contributed by atoms with Gasteiger partial charge in [-0.15, -0.1) is 0 Å². The summed E-state index contributed by atoms with van der Waals surface area (Å²) in [5.41, 5.74) is 8.16. The molecule has 0 spiro atoms. The molecule has 0 aliphatic carbocycles. The van der Waals surface area contributed by atoms with Crippen LogP contribution in [0.15, 0.2) is 30.5 Å². The Labute approximate surface area is 159 Å². The second kappa shape index (κ2) is 8.93. The fraction of sp³-hybridized carbons (Fsp3) is 0.300. The van der Waals surface area contributed by atoms with Crippen molar-refractivity contribution in [3.8, 4) is 34.5 Å². The molecular weight excluding hydrogens is 350 g/mol. The molecule has 0 aliphatic heterocycles. The predicted octanol–water partition coefficient (Wildman–Crippen LogP) is 3.09. The molecule has 27 heavy (non-hydrogen) atoms. The van der Waals surface area contributed by atoms with Crippen LogP contribution in [0.1, 0.15) is 11.1 Å². The van der Waals surface area contributed by atoms with Crippen LogP contribution >= 0.6 is 0 Å². The summed E-state index contributed by atoms with van der Waals surface area (Å²) in [6.45, 7) is 0. The summed E-state index contributed by atoms with van der Waals surface area (Å²) in [5, 5.41) is 0. The molecule has 0 amide bonds. The molecule has 0 bridgehead atoms. The van der Waals surface area contributed by atoms with Crippen LogP contribution in [0.3, 0.4) is 0 Å². The monoisotopic (exact) mass is 375 g/mol. The van der Waals surface area contributed by atoms with Gasteiger partial charge in [0.25, 0.3) is 0 Å². The summed E-state index contributed by atoms with van der Waals surface area (Å²) in [6, 6.07) is 7.27. The van der Waals surface area contributed by atoms with Gasteiger partial charge in [0.15, 0.2) is 23.0 Å². The maximum absolute atomic E-state index is 5.97. The highest BCUT2D eigenvalue weighted by Gasteiger charge is 2.22. The topological polar surface area (TPSA) is 81.4 Å². The minimum atomic E-state index is 0.476. The van der Waals surface area contributed by atoms with Crippen molar-refractivity contribution in [3.63, 3.8) is 0 Å². The Morgan fingerprint density at radius 3 is 1.59 bits per heavy atom. The Kier molecular flexibility index (Phi) is 6.65. The summed E-state index contributed by atoms with van der Waals surface area (Å²) in [5.74, 6) is 3.07. The molecule has 0 heterocycles. The van der Waals surface area contributed by atoms with Crippen molar-refractivity contribution < 1.29 is 28.4 Å². The van der Waals surface area contributed by atoms with Crippen LogP contribution in [0.4, 0.5) is 0 Å². The minimum Gasteiger partial charge on any atom is -0.493 e. The lowest BCUT2D eigenvalue weighted by molar-refractivity contribution is 0.323. The van der Waals surface area contributed by atoms with Crippen molar-refractivity contribution in [3.05, 3.63) is 41.6 Å². The van der Waals surface area contributed by atoms with Gasteiger partial charge in [-0.2, -0.15) is 0 Å². The summed E-state index contributed by atoms with van der Waals surface area (Å²) in [7, 11) is 9.35. The zero-order chi connectivity index (χ0) is 20.0. The number of methoxy groups -OCH3 is 6. The average Bonchev–Trinajstić information content (AvgIpc) is 2.72. The third-order valence-electron chi connectivity index (χ3n) is 4.14. The lowest BCUT2D eigenvalue weighted by Crippen LogP contribution is -2.02. The molecule has 0 aliphatic rings. The van der Waals surface area contributed by atoms with Gasteiger partial charge >= 0.3 is 0 Å². The van der Waals surface area contributed by atoms with Crippen LogP contribution in [-0.2, 0) is 0 Å². The normalized spacial score (nSPS) is 11.0. The maximum Gasteiger partial charge on any atom is 0.203 e.